The molecule has 2 fully saturated rings. The predicted molar refractivity (Wildman–Crippen MR) is 139 cm³/mol. The van der Waals surface area contributed by atoms with Gasteiger partial charge in [-0.1, -0.05) is 23.7 Å². The average Bonchev–Trinajstić information content (AvgIpc) is 3.47. The van der Waals surface area contributed by atoms with Gasteiger partial charge in [-0.15, -0.1) is 0 Å². The van der Waals surface area contributed by atoms with E-state index >= 15 is 4.39 Å². The van der Waals surface area contributed by atoms with Crippen LogP contribution in [0.1, 0.15) is 60.9 Å². The first-order valence-electron chi connectivity index (χ1n) is 12.8. The molecule has 0 radical (unpaired) electrons. The topological polar surface area (TPSA) is 96.8 Å². The third-order valence-electron chi connectivity index (χ3n) is 8.57. The lowest BCUT2D eigenvalue weighted by Gasteiger charge is -2.33. The molecule has 2 saturated carbocycles. The van der Waals surface area contributed by atoms with E-state index in [0.29, 0.717) is 13.0 Å². The molecule has 0 unspecified atom stereocenters. The van der Waals surface area contributed by atoms with Crippen molar-refractivity contribution in [3.63, 3.8) is 0 Å². The first kappa shape index (κ1) is 28.8. The summed E-state index contributed by atoms with van der Waals surface area (Å²) in [6.45, 7) is 2.26. The highest BCUT2D eigenvalue weighted by atomic mass is 35.5. The molecule has 3 aliphatic rings. The molecular formula is C27H27ClF4N2O5S. The Kier molecular flexibility index (Phi) is 7.41. The van der Waals surface area contributed by atoms with Crippen LogP contribution in [0.2, 0.25) is 5.02 Å². The Bertz CT molecular complexity index is 1470. The molecule has 1 aliphatic heterocycles. The Hall–Kier alpha value is -2.70. The summed E-state index contributed by atoms with van der Waals surface area (Å²) < 4.78 is 79.9. The molecular weight excluding hydrogens is 576 g/mol. The van der Waals surface area contributed by atoms with Crippen molar-refractivity contribution in [2.24, 2.45) is 10.8 Å². The van der Waals surface area contributed by atoms with E-state index in [2.05, 4.69) is 14.1 Å². The van der Waals surface area contributed by atoms with E-state index in [9.17, 15) is 31.5 Å². The molecule has 216 valence electrons. The van der Waals surface area contributed by atoms with Crippen LogP contribution in [0, 0.1) is 10.8 Å². The quantitative estimate of drug-likeness (QED) is 0.218. The lowest BCUT2D eigenvalue weighted by molar-refractivity contribution is -0.148. The van der Waals surface area contributed by atoms with Crippen molar-refractivity contribution in [2.75, 3.05) is 13.1 Å². The standard InChI is InChI=1S/C27H27ClF4N2O5S/c28-23-18(2-1-3-22(23)39-40(37,38)27(30,31)32)12-20(29)21-13-17-4-10-34(15-19(17)14-33-21)11-9-25-5-7-26(16-25,8-6-25)24(35)36/h1-3,12-14H,4-11,15-16H2,(H,35,36)/b20-12-. The maximum Gasteiger partial charge on any atom is 0.534 e. The van der Waals surface area contributed by atoms with Gasteiger partial charge in [0.2, 0.25) is 0 Å². The fourth-order valence-corrected chi connectivity index (χ4v) is 6.99. The summed E-state index contributed by atoms with van der Waals surface area (Å²) >= 11 is 6.03. The molecule has 1 aromatic carbocycles. The lowest BCUT2D eigenvalue weighted by atomic mass is 9.80. The third-order valence-corrected chi connectivity index (χ3v) is 9.94. The highest BCUT2D eigenvalue weighted by molar-refractivity contribution is 7.88. The van der Waals surface area contributed by atoms with Gasteiger partial charge in [0.15, 0.2) is 5.75 Å². The van der Waals surface area contributed by atoms with Crippen LogP contribution in [-0.2, 0) is 27.9 Å². The number of hydrogen-bond donors (Lipinski definition) is 1. The number of benzene rings is 1. The Balaban J connectivity index is 1.25. The molecule has 2 aliphatic carbocycles. The van der Waals surface area contributed by atoms with Gasteiger partial charge in [0.25, 0.3) is 0 Å². The van der Waals surface area contributed by atoms with Crippen LogP contribution in [0.5, 0.6) is 5.75 Å². The molecule has 2 bridgehead atoms. The summed E-state index contributed by atoms with van der Waals surface area (Å²) in [5.74, 6) is -2.24. The maximum absolute atomic E-state index is 15.1. The summed E-state index contributed by atoms with van der Waals surface area (Å²) in [5, 5.41) is 9.15. The van der Waals surface area contributed by atoms with E-state index in [4.69, 9.17) is 11.6 Å². The number of carbonyl (C=O) groups is 1. The Labute approximate surface area is 233 Å². The van der Waals surface area contributed by atoms with Gasteiger partial charge in [0.05, 0.1) is 16.1 Å². The molecule has 5 rings (SSSR count). The summed E-state index contributed by atoms with van der Waals surface area (Å²) in [5.41, 5.74) is -4.25. The number of carboxylic acids is 1. The molecule has 0 saturated heterocycles. The zero-order valence-corrected chi connectivity index (χ0v) is 22.9. The van der Waals surface area contributed by atoms with Crippen molar-refractivity contribution in [1.29, 1.82) is 0 Å². The summed E-state index contributed by atoms with van der Waals surface area (Å²) in [6.07, 6.45) is 8.36. The fraction of sp³-hybridized carbons (Fsp3) is 0.481. The predicted octanol–water partition coefficient (Wildman–Crippen LogP) is 6.21. The Morgan fingerprint density at radius 3 is 2.58 bits per heavy atom. The van der Waals surface area contributed by atoms with E-state index in [1.807, 2.05) is 0 Å². The summed E-state index contributed by atoms with van der Waals surface area (Å²) in [4.78, 5) is 18.3. The zero-order chi connectivity index (χ0) is 28.9. The monoisotopic (exact) mass is 602 g/mol. The van der Waals surface area contributed by atoms with Gasteiger partial charge in [0, 0.05) is 19.3 Å². The third kappa shape index (κ3) is 5.45. The average molecular weight is 603 g/mol. The zero-order valence-electron chi connectivity index (χ0n) is 21.3. The van der Waals surface area contributed by atoms with Crippen LogP contribution in [0.15, 0.2) is 30.5 Å². The van der Waals surface area contributed by atoms with Crippen molar-refractivity contribution in [1.82, 2.24) is 9.88 Å². The maximum atomic E-state index is 15.1. The molecule has 0 amide bonds. The van der Waals surface area contributed by atoms with Crippen molar-refractivity contribution in [3.8, 4) is 5.75 Å². The number of alkyl halides is 3. The molecule has 1 N–H and O–H groups in total. The second kappa shape index (κ2) is 10.3. The minimum Gasteiger partial charge on any atom is -0.481 e. The number of halogens is 5. The van der Waals surface area contributed by atoms with Crippen LogP contribution >= 0.6 is 11.6 Å². The second-order valence-electron chi connectivity index (χ2n) is 11.0. The lowest BCUT2D eigenvalue weighted by Crippen LogP contribution is -2.34. The minimum atomic E-state index is -5.94. The molecule has 7 nitrogen and oxygen atoms in total. The summed E-state index contributed by atoms with van der Waals surface area (Å²) in [6, 6.07) is 5.06. The van der Waals surface area contributed by atoms with Crippen LogP contribution < -0.4 is 4.18 Å². The number of aliphatic carboxylic acids is 1. The molecule has 2 heterocycles. The largest absolute Gasteiger partial charge is 0.534 e. The number of hydrogen-bond acceptors (Lipinski definition) is 6. The van der Waals surface area contributed by atoms with E-state index in [1.165, 1.54) is 12.1 Å². The normalized spacial score (nSPS) is 25.2. The van der Waals surface area contributed by atoms with Crippen LogP contribution in [0.4, 0.5) is 17.6 Å². The number of fused-ring (bicyclic) bond motifs is 3. The van der Waals surface area contributed by atoms with Gasteiger partial charge in [-0.25, -0.2) is 4.39 Å². The van der Waals surface area contributed by atoms with Gasteiger partial charge in [0.1, 0.15) is 5.83 Å². The van der Waals surface area contributed by atoms with Crippen LogP contribution in [0.3, 0.4) is 0 Å². The van der Waals surface area contributed by atoms with Gasteiger partial charge < -0.3 is 9.29 Å². The van der Waals surface area contributed by atoms with E-state index in [-0.39, 0.29) is 16.7 Å². The van der Waals surface area contributed by atoms with Crippen LogP contribution in [-0.4, -0.2) is 48.0 Å². The van der Waals surface area contributed by atoms with Crippen molar-refractivity contribution in [2.45, 2.75) is 57.0 Å². The van der Waals surface area contributed by atoms with Crippen molar-refractivity contribution < 1.29 is 40.1 Å². The number of pyridine rings is 1. The molecule has 40 heavy (non-hydrogen) atoms. The van der Waals surface area contributed by atoms with E-state index < -0.39 is 43.6 Å². The van der Waals surface area contributed by atoms with Crippen molar-refractivity contribution >= 4 is 39.6 Å². The number of nitrogens with zero attached hydrogens (tertiary/aromatic N) is 2. The highest BCUT2D eigenvalue weighted by Crippen LogP contribution is 2.63. The first-order chi connectivity index (χ1) is 18.7. The van der Waals surface area contributed by atoms with Gasteiger partial charge in [-0.2, -0.15) is 21.6 Å². The Morgan fingerprint density at radius 2 is 1.93 bits per heavy atom. The fourth-order valence-electron chi connectivity index (χ4n) is 6.25. The summed E-state index contributed by atoms with van der Waals surface area (Å²) in [7, 11) is -5.94. The van der Waals surface area contributed by atoms with E-state index in [0.717, 1.165) is 74.9 Å². The van der Waals surface area contributed by atoms with Gasteiger partial charge in [-0.3, -0.25) is 14.7 Å². The second-order valence-corrected chi connectivity index (χ2v) is 12.9. The van der Waals surface area contributed by atoms with Gasteiger partial charge in [-0.05, 0) is 91.8 Å². The minimum absolute atomic E-state index is 0.0123. The van der Waals surface area contributed by atoms with Crippen molar-refractivity contribution in [3.05, 3.63) is 57.9 Å². The molecule has 0 atom stereocenters. The number of carboxylic acid groups (broad SMARTS) is 1. The molecule has 1 aromatic heterocycles. The number of rotatable bonds is 8. The van der Waals surface area contributed by atoms with Crippen LogP contribution in [0.25, 0.3) is 11.9 Å². The first-order valence-corrected chi connectivity index (χ1v) is 14.6. The Morgan fingerprint density at radius 1 is 1.20 bits per heavy atom. The molecule has 2 aromatic rings. The van der Waals surface area contributed by atoms with E-state index in [1.54, 1.807) is 12.3 Å². The SMILES string of the molecule is O=C(O)C12CCC(CCN3CCc4cc(/C(F)=C/c5cccc(OS(=O)(=O)C(F)(F)F)c5Cl)ncc4C3)(CC1)C2. The smallest absolute Gasteiger partial charge is 0.481 e. The molecule has 13 heteroatoms. The molecule has 0 spiro atoms. The highest BCUT2D eigenvalue weighted by Gasteiger charge is 2.57. The van der Waals surface area contributed by atoms with Gasteiger partial charge >= 0.3 is 21.6 Å². The number of aromatic nitrogens is 1.